The lowest BCUT2D eigenvalue weighted by molar-refractivity contribution is 0.178. The number of methoxy groups -OCH3 is 1. The van der Waals surface area contributed by atoms with Gasteiger partial charge in [0.25, 0.3) is 0 Å². The first-order valence-corrected chi connectivity index (χ1v) is 5.01. The normalized spacial score (nSPS) is 10.3. The minimum Gasteiger partial charge on any atom is -0.396 e. The van der Waals surface area contributed by atoms with E-state index >= 15 is 0 Å². The molecule has 0 fully saturated rings. The maximum atomic E-state index is 8.62. The largest absolute Gasteiger partial charge is 0.396 e. The molecule has 0 saturated heterocycles. The quantitative estimate of drug-likeness (QED) is 0.566. The van der Waals surface area contributed by atoms with Gasteiger partial charge in [-0.2, -0.15) is 0 Å². The van der Waals surface area contributed by atoms with Crippen molar-refractivity contribution in [2.75, 3.05) is 25.6 Å². The summed E-state index contributed by atoms with van der Waals surface area (Å²) in [6.45, 7) is 1.13. The van der Waals surface area contributed by atoms with Gasteiger partial charge in [-0.3, -0.25) is 0 Å². The minimum absolute atomic E-state index is 0.150. The predicted molar refractivity (Wildman–Crippen MR) is 57.9 cm³/mol. The number of hydrogen-bond donors (Lipinski definition) is 2. The zero-order valence-electron chi connectivity index (χ0n) is 8.53. The highest BCUT2D eigenvalue weighted by Crippen LogP contribution is 2.11. The van der Waals surface area contributed by atoms with Crippen LogP contribution in [0.5, 0.6) is 0 Å². The number of rotatable bonds is 6. The molecule has 0 saturated carbocycles. The molecule has 5 nitrogen and oxygen atoms in total. The number of anilines is 1. The summed E-state index contributed by atoms with van der Waals surface area (Å²) in [6.07, 6.45) is 0.668. The Hall–Kier alpha value is -0.910. The van der Waals surface area contributed by atoms with Gasteiger partial charge in [0.15, 0.2) is 5.82 Å². The Morgan fingerprint density at radius 2 is 2.33 bits per heavy atom. The molecule has 0 bridgehead atoms. The highest BCUT2D eigenvalue weighted by molar-refractivity contribution is 6.29. The molecule has 0 aliphatic heterocycles. The lowest BCUT2D eigenvalue weighted by Gasteiger charge is -2.06. The number of nitrogens with one attached hydrogen (secondary N) is 1. The van der Waals surface area contributed by atoms with Crippen molar-refractivity contribution >= 4 is 17.4 Å². The van der Waals surface area contributed by atoms with E-state index in [-0.39, 0.29) is 6.61 Å². The van der Waals surface area contributed by atoms with Gasteiger partial charge < -0.3 is 15.2 Å². The Labute approximate surface area is 93.5 Å². The molecule has 0 aromatic carbocycles. The summed E-state index contributed by atoms with van der Waals surface area (Å²) < 4.78 is 4.91. The van der Waals surface area contributed by atoms with Gasteiger partial charge in [-0.1, -0.05) is 11.6 Å². The lowest BCUT2D eigenvalue weighted by Crippen LogP contribution is -2.07. The molecule has 0 atom stereocenters. The lowest BCUT2D eigenvalue weighted by atomic mass is 10.4. The molecule has 1 aromatic rings. The first kappa shape index (κ1) is 12.2. The van der Waals surface area contributed by atoms with Gasteiger partial charge in [0, 0.05) is 26.3 Å². The van der Waals surface area contributed by atoms with Crippen LogP contribution in [0.3, 0.4) is 0 Å². The topological polar surface area (TPSA) is 67.3 Å². The van der Waals surface area contributed by atoms with Gasteiger partial charge in [0.1, 0.15) is 17.6 Å². The summed E-state index contributed by atoms with van der Waals surface area (Å²) in [7, 11) is 1.57. The summed E-state index contributed by atoms with van der Waals surface area (Å²) in [6, 6.07) is 1.64. The van der Waals surface area contributed by atoms with Gasteiger partial charge in [0.2, 0.25) is 0 Å². The molecule has 6 heteroatoms. The van der Waals surface area contributed by atoms with E-state index in [4.69, 9.17) is 21.4 Å². The fraction of sp³-hybridized carbons (Fsp3) is 0.556. The van der Waals surface area contributed by atoms with Crippen LogP contribution in [0.2, 0.25) is 5.15 Å². The number of aromatic nitrogens is 2. The van der Waals surface area contributed by atoms with Gasteiger partial charge in [-0.25, -0.2) is 9.97 Å². The molecule has 0 unspecified atom stereocenters. The molecule has 0 aliphatic rings. The van der Waals surface area contributed by atoms with E-state index < -0.39 is 0 Å². The van der Waals surface area contributed by atoms with Gasteiger partial charge in [-0.05, 0) is 6.42 Å². The number of ether oxygens (including phenoxy) is 1. The second-order valence-corrected chi connectivity index (χ2v) is 3.32. The fourth-order valence-electron chi connectivity index (χ4n) is 1.04. The maximum absolute atomic E-state index is 8.62. The molecule has 1 aromatic heterocycles. The van der Waals surface area contributed by atoms with Crippen LogP contribution >= 0.6 is 11.6 Å². The number of aliphatic hydroxyl groups is 1. The second kappa shape index (κ2) is 6.55. The van der Waals surface area contributed by atoms with Crippen molar-refractivity contribution in [3.05, 3.63) is 17.0 Å². The number of halogens is 1. The summed E-state index contributed by atoms with van der Waals surface area (Å²) in [5, 5.41) is 12.0. The zero-order valence-corrected chi connectivity index (χ0v) is 9.29. The second-order valence-electron chi connectivity index (χ2n) is 2.93. The summed E-state index contributed by atoms with van der Waals surface area (Å²) in [4.78, 5) is 8.17. The van der Waals surface area contributed by atoms with Crippen molar-refractivity contribution in [1.82, 2.24) is 9.97 Å². The Kier molecular flexibility index (Phi) is 5.31. The predicted octanol–water partition coefficient (Wildman–Crippen LogP) is 1.07. The van der Waals surface area contributed by atoms with Crippen LogP contribution in [0, 0.1) is 0 Å². The van der Waals surface area contributed by atoms with E-state index in [0.717, 1.165) is 0 Å². The van der Waals surface area contributed by atoms with Crippen LogP contribution in [-0.2, 0) is 11.3 Å². The van der Waals surface area contributed by atoms with Crippen molar-refractivity contribution in [3.63, 3.8) is 0 Å². The molecule has 84 valence electrons. The first-order chi connectivity index (χ1) is 7.26. The average Bonchev–Trinajstić information content (AvgIpc) is 2.18. The standard InChI is InChI=1S/C9H14ClN3O2/c1-15-6-9-12-7(10)5-8(13-9)11-3-2-4-14/h5,14H,2-4,6H2,1H3,(H,11,12,13). The van der Waals surface area contributed by atoms with Crippen LogP contribution < -0.4 is 5.32 Å². The molecule has 1 heterocycles. The summed E-state index contributed by atoms with van der Waals surface area (Å²) >= 11 is 5.80. The molecule has 2 N–H and O–H groups in total. The van der Waals surface area contributed by atoms with E-state index in [1.165, 1.54) is 0 Å². The maximum Gasteiger partial charge on any atom is 0.158 e. The van der Waals surface area contributed by atoms with Gasteiger partial charge in [0.05, 0.1) is 0 Å². The van der Waals surface area contributed by atoms with Crippen LogP contribution in [0.15, 0.2) is 6.07 Å². The highest BCUT2D eigenvalue weighted by atomic mass is 35.5. The van der Waals surface area contributed by atoms with Crippen molar-refractivity contribution in [2.24, 2.45) is 0 Å². The Bertz CT molecular complexity index is 309. The first-order valence-electron chi connectivity index (χ1n) is 4.63. The third-order valence-electron chi connectivity index (χ3n) is 1.66. The third-order valence-corrected chi connectivity index (χ3v) is 1.85. The third kappa shape index (κ3) is 4.42. The monoisotopic (exact) mass is 231 g/mol. The molecule has 15 heavy (non-hydrogen) atoms. The molecular formula is C9H14ClN3O2. The van der Waals surface area contributed by atoms with Crippen molar-refractivity contribution < 1.29 is 9.84 Å². The average molecular weight is 232 g/mol. The fourth-order valence-corrected chi connectivity index (χ4v) is 1.25. The number of aliphatic hydroxyl groups excluding tert-OH is 1. The smallest absolute Gasteiger partial charge is 0.158 e. The van der Waals surface area contributed by atoms with E-state index in [9.17, 15) is 0 Å². The van der Waals surface area contributed by atoms with Crippen LogP contribution in [0.1, 0.15) is 12.2 Å². The molecule has 0 radical (unpaired) electrons. The molecular weight excluding hydrogens is 218 g/mol. The van der Waals surface area contributed by atoms with Crippen molar-refractivity contribution in [3.8, 4) is 0 Å². The van der Waals surface area contributed by atoms with E-state index in [1.807, 2.05) is 0 Å². The summed E-state index contributed by atoms with van der Waals surface area (Å²) in [5.74, 6) is 1.19. The SMILES string of the molecule is COCc1nc(Cl)cc(NCCCO)n1. The molecule has 0 amide bonds. The number of hydrogen-bond acceptors (Lipinski definition) is 5. The van der Waals surface area contributed by atoms with E-state index in [0.29, 0.717) is 36.4 Å². The van der Waals surface area contributed by atoms with E-state index in [1.54, 1.807) is 13.2 Å². The highest BCUT2D eigenvalue weighted by Gasteiger charge is 2.02. The van der Waals surface area contributed by atoms with Crippen LogP contribution in [0.4, 0.5) is 5.82 Å². The Balaban J connectivity index is 2.62. The van der Waals surface area contributed by atoms with Crippen LogP contribution in [0.25, 0.3) is 0 Å². The Morgan fingerprint density at radius 3 is 3.00 bits per heavy atom. The van der Waals surface area contributed by atoms with Crippen molar-refractivity contribution in [1.29, 1.82) is 0 Å². The summed E-state index contributed by atoms with van der Waals surface area (Å²) in [5.41, 5.74) is 0. The minimum atomic E-state index is 0.150. The molecule has 0 spiro atoms. The van der Waals surface area contributed by atoms with Crippen LogP contribution in [-0.4, -0.2) is 35.3 Å². The Morgan fingerprint density at radius 1 is 1.53 bits per heavy atom. The zero-order chi connectivity index (χ0) is 11.1. The van der Waals surface area contributed by atoms with Crippen molar-refractivity contribution in [2.45, 2.75) is 13.0 Å². The van der Waals surface area contributed by atoms with Gasteiger partial charge in [-0.15, -0.1) is 0 Å². The number of nitrogens with zero attached hydrogens (tertiary/aromatic N) is 2. The van der Waals surface area contributed by atoms with Gasteiger partial charge >= 0.3 is 0 Å². The molecule has 1 rings (SSSR count). The van der Waals surface area contributed by atoms with E-state index in [2.05, 4.69) is 15.3 Å². The molecule has 0 aliphatic carbocycles.